The fourth-order valence-corrected chi connectivity index (χ4v) is 1.10. The summed E-state index contributed by atoms with van der Waals surface area (Å²) in [6.45, 7) is 0. The Hall–Kier alpha value is 1.20. The van der Waals surface area contributed by atoms with Crippen LogP contribution in [0.15, 0.2) is 0 Å². The molecule has 0 atom stereocenters. The molecule has 0 heterocycles. The van der Waals surface area contributed by atoms with Crippen molar-refractivity contribution in [2.45, 2.75) is 0 Å². The maximum atomic E-state index is 9.58. The molecule has 0 aromatic heterocycles. The number of hydrogen-bond acceptors (Lipinski definition) is 4. The third kappa shape index (κ3) is 22.5. The molecular formula is H9CaO9PS. The molecule has 0 unspecified atom stereocenters. The summed E-state index contributed by atoms with van der Waals surface area (Å²) in [5.41, 5.74) is 0. The number of phosphoric acid groups is 1. The molecule has 0 amide bonds. The summed E-state index contributed by atoms with van der Waals surface area (Å²) < 4.78 is 39.0. The van der Waals surface area contributed by atoms with Crippen molar-refractivity contribution in [3.63, 3.8) is 0 Å². The van der Waals surface area contributed by atoms with Crippen molar-refractivity contribution in [2.24, 2.45) is 0 Å². The van der Waals surface area contributed by atoms with E-state index < -0.39 is 18.2 Å². The molecule has 0 aliphatic heterocycles. The monoisotopic (exact) mass is 256 g/mol. The Labute approximate surface area is 97.5 Å². The number of hydrogen-bond donors (Lipinski definition) is 3. The molecule has 0 rings (SSSR count). The zero-order valence-electron chi connectivity index (χ0n) is 4.83. The van der Waals surface area contributed by atoms with Crippen LogP contribution in [0.4, 0.5) is 0 Å². The second-order valence-electron chi connectivity index (χ2n) is 0.993. The van der Waals surface area contributed by atoms with Crippen molar-refractivity contribution in [1.29, 1.82) is 0 Å². The Morgan fingerprint density at radius 1 is 1.17 bits per heavy atom. The van der Waals surface area contributed by atoms with Crippen LogP contribution in [-0.2, 0) is 18.9 Å². The summed E-state index contributed by atoms with van der Waals surface area (Å²) in [4.78, 5) is 15.4. The van der Waals surface area contributed by atoms with E-state index in [9.17, 15) is 13.0 Å². The molecule has 0 fully saturated rings. The van der Waals surface area contributed by atoms with Gasteiger partial charge in [-0.15, -0.1) is 3.97 Å². The van der Waals surface area contributed by atoms with E-state index in [-0.39, 0.29) is 48.7 Å². The van der Waals surface area contributed by atoms with Crippen LogP contribution in [0.25, 0.3) is 0 Å². The predicted molar refractivity (Wildman–Crippen MR) is 40.4 cm³/mol. The third-order valence-electron chi connectivity index (χ3n) is 0.191. The standard InChI is InChI=1S/Ca.H3O7PS.2H2O.2H/c;1-8(2,3)7-9(4,5)6;;;;/h;(H2,1,2,3)(H,4,5,6);2*1H2;;. The summed E-state index contributed by atoms with van der Waals surface area (Å²) in [7, 11) is -10.2. The fourth-order valence-electron chi connectivity index (χ4n) is 0.123. The van der Waals surface area contributed by atoms with Gasteiger partial charge in [-0.25, -0.2) is 4.57 Å². The van der Waals surface area contributed by atoms with Crippen molar-refractivity contribution in [1.82, 2.24) is 0 Å². The van der Waals surface area contributed by atoms with Crippen molar-refractivity contribution in [2.75, 3.05) is 0 Å². The van der Waals surface area contributed by atoms with Gasteiger partial charge >= 0.3 is 56.0 Å². The first-order valence-corrected chi connectivity index (χ1v) is 4.34. The van der Waals surface area contributed by atoms with Crippen LogP contribution in [0.3, 0.4) is 0 Å². The first-order valence-electron chi connectivity index (χ1n) is 1.45. The van der Waals surface area contributed by atoms with Gasteiger partial charge in [0.25, 0.3) is 0 Å². The maximum absolute atomic E-state index is 9.58. The Kier molecular flexibility index (Phi) is 14.7. The Bertz CT molecular complexity index is 221. The Balaban J connectivity index is -0.000000107. The predicted octanol–water partition coefficient (Wildman–Crippen LogP) is -3.67. The first-order chi connectivity index (χ1) is 3.71. The molecule has 12 heteroatoms. The Morgan fingerprint density at radius 2 is 1.42 bits per heavy atom. The molecule has 0 aromatic carbocycles. The molecule has 0 aliphatic rings. The van der Waals surface area contributed by atoms with E-state index in [1.165, 1.54) is 0 Å². The molecule has 0 bridgehead atoms. The van der Waals surface area contributed by atoms with Gasteiger partial charge in [0.2, 0.25) is 0 Å². The van der Waals surface area contributed by atoms with E-state index in [0.29, 0.717) is 0 Å². The van der Waals surface area contributed by atoms with Gasteiger partial charge in [-0.2, -0.15) is 8.42 Å². The van der Waals surface area contributed by atoms with Gasteiger partial charge in [0.05, 0.1) is 0 Å². The molecule has 0 aliphatic carbocycles. The summed E-state index contributed by atoms with van der Waals surface area (Å²) in [6, 6.07) is 0. The van der Waals surface area contributed by atoms with E-state index in [4.69, 9.17) is 14.3 Å². The fraction of sp³-hybridized carbons (Fsp3) is 0. The molecule has 9 nitrogen and oxygen atoms in total. The molecule has 0 aromatic rings. The van der Waals surface area contributed by atoms with Crippen LogP contribution in [0.2, 0.25) is 0 Å². The zero-order chi connectivity index (χ0) is 7.71. The summed E-state index contributed by atoms with van der Waals surface area (Å²) >= 11 is 0. The zero-order valence-corrected chi connectivity index (χ0v) is 6.54. The third-order valence-corrected chi connectivity index (χ3v) is 1.72. The van der Waals surface area contributed by atoms with Gasteiger partial charge in [0, 0.05) is 0 Å². The van der Waals surface area contributed by atoms with Gasteiger partial charge < -0.3 is 20.7 Å². The molecule has 0 radical (unpaired) electrons. The van der Waals surface area contributed by atoms with E-state index in [1.807, 2.05) is 0 Å². The molecule has 0 saturated heterocycles. The average molecular weight is 256 g/mol. The quantitative estimate of drug-likeness (QED) is 0.258. The molecule has 12 heavy (non-hydrogen) atoms. The van der Waals surface area contributed by atoms with E-state index in [2.05, 4.69) is 3.97 Å². The minimum absolute atomic E-state index is 0. The summed E-state index contributed by atoms with van der Waals surface area (Å²) in [5, 5.41) is 0. The summed E-state index contributed by atoms with van der Waals surface area (Å²) in [6.07, 6.45) is 0. The normalized spacial score (nSPS) is 10.2. The van der Waals surface area contributed by atoms with Crippen molar-refractivity contribution in [3.05, 3.63) is 0 Å². The van der Waals surface area contributed by atoms with Crippen molar-refractivity contribution >= 4 is 56.0 Å². The second kappa shape index (κ2) is 7.59. The molecule has 0 saturated carbocycles. The van der Waals surface area contributed by atoms with Crippen molar-refractivity contribution < 1.29 is 42.2 Å². The molecule has 7 N–H and O–H groups in total. The van der Waals surface area contributed by atoms with Gasteiger partial charge in [-0.05, 0) is 0 Å². The van der Waals surface area contributed by atoms with Gasteiger partial charge in [0.1, 0.15) is 0 Å². The SMILES string of the molecule is O.O.O=P(O)(O)OS(=O)(=O)O.[CaH2]. The first kappa shape index (κ1) is 23.2. The minimum atomic E-state index is -5.13. The van der Waals surface area contributed by atoms with Crippen LogP contribution >= 0.6 is 7.82 Å². The van der Waals surface area contributed by atoms with E-state index >= 15 is 0 Å². The molecule has 0 spiro atoms. The topological polar surface area (TPSA) is 184 Å². The van der Waals surface area contributed by atoms with Gasteiger partial charge in [0.15, 0.2) is 0 Å². The van der Waals surface area contributed by atoms with Crippen LogP contribution in [-0.4, -0.2) is 71.4 Å². The van der Waals surface area contributed by atoms with Crippen LogP contribution in [0, 0.1) is 0 Å². The second-order valence-corrected chi connectivity index (χ2v) is 3.43. The molecular weight excluding hydrogens is 247 g/mol. The van der Waals surface area contributed by atoms with Crippen molar-refractivity contribution in [3.8, 4) is 0 Å². The van der Waals surface area contributed by atoms with Crippen LogP contribution in [0.5, 0.6) is 0 Å². The van der Waals surface area contributed by atoms with Crippen LogP contribution in [0.1, 0.15) is 0 Å². The average Bonchev–Trinajstić information content (AvgIpc) is 1.14. The van der Waals surface area contributed by atoms with Gasteiger partial charge in [-0.1, -0.05) is 0 Å². The summed E-state index contributed by atoms with van der Waals surface area (Å²) in [5.74, 6) is 0. The Morgan fingerprint density at radius 3 is 1.42 bits per heavy atom. The van der Waals surface area contributed by atoms with E-state index in [0.717, 1.165) is 0 Å². The molecule has 76 valence electrons. The van der Waals surface area contributed by atoms with Crippen LogP contribution < -0.4 is 0 Å². The number of rotatable bonds is 2. The van der Waals surface area contributed by atoms with E-state index in [1.54, 1.807) is 0 Å². The van der Waals surface area contributed by atoms with Gasteiger partial charge in [-0.3, -0.25) is 4.55 Å².